The minimum absolute atomic E-state index is 0.137. The van der Waals surface area contributed by atoms with E-state index < -0.39 is 5.41 Å². The Balaban J connectivity index is 2.38. The van der Waals surface area contributed by atoms with Gasteiger partial charge in [-0.15, -0.1) is 0 Å². The van der Waals surface area contributed by atoms with E-state index in [9.17, 15) is 30.6 Å². The van der Waals surface area contributed by atoms with Gasteiger partial charge in [0.05, 0.1) is 0 Å². The first kappa shape index (κ1) is 17.3. The lowest BCUT2D eigenvalue weighted by atomic mass is 9.70. The predicted molar refractivity (Wildman–Crippen MR) is 94.9 cm³/mol. The second-order valence-corrected chi connectivity index (χ2v) is 6.27. The zero-order valence-corrected chi connectivity index (χ0v) is 13.9. The van der Waals surface area contributed by atoms with Gasteiger partial charge in [0, 0.05) is 34.7 Å². The molecule has 0 spiro atoms. The Bertz CT molecular complexity index is 908. The van der Waals surface area contributed by atoms with Crippen molar-refractivity contribution in [3.63, 3.8) is 0 Å². The van der Waals surface area contributed by atoms with Gasteiger partial charge in [-0.05, 0) is 36.8 Å². The van der Waals surface area contributed by atoms with Gasteiger partial charge in [-0.25, -0.2) is 0 Å². The summed E-state index contributed by atoms with van der Waals surface area (Å²) in [7, 11) is 0. The van der Waals surface area contributed by atoms with E-state index in [2.05, 4.69) is 0 Å². The highest BCUT2D eigenvalue weighted by Gasteiger charge is 2.36. The smallest absolute Gasteiger partial charge is 0.123 e. The van der Waals surface area contributed by atoms with Gasteiger partial charge in [-0.1, -0.05) is 12.1 Å². The van der Waals surface area contributed by atoms with Crippen LogP contribution in [0.1, 0.15) is 23.6 Å². The molecule has 0 aliphatic carbocycles. The van der Waals surface area contributed by atoms with Gasteiger partial charge in [-0.2, -0.15) is 0 Å². The lowest BCUT2D eigenvalue weighted by Crippen LogP contribution is -2.25. The van der Waals surface area contributed by atoms with E-state index in [-0.39, 0.29) is 34.5 Å². The van der Waals surface area contributed by atoms with E-state index in [0.29, 0.717) is 16.7 Å². The molecule has 26 heavy (non-hydrogen) atoms. The zero-order chi connectivity index (χ0) is 19.1. The van der Waals surface area contributed by atoms with E-state index in [0.717, 1.165) is 18.2 Å². The maximum atomic E-state index is 10.4. The first-order chi connectivity index (χ1) is 12.2. The van der Waals surface area contributed by atoms with Crippen molar-refractivity contribution in [2.75, 3.05) is 0 Å². The molecule has 3 aromatic rings. The Morgan fingerprint density at radius 2 is 0.962 bits per heavy atom. The molecular weight excluding hydrogens is 336 g/mol. The topological polar surface area (TPSA) is 121 Å². The Morgan fingerprint density at radius 1 is 0.538 bits per heavy atom. The summed E-state index contributed by atoms with van der Waals surface area (Å²) in [4.78, 5) is 0. The molecule has 6 heteroatoms. The summed E-state index contributed by atoms with van der Waals surface area (Å²) < 4.78 is 0. The lowest BCUT2D eigenvalue weighted by molar-refractivity contribution is 0.423. The molecule has 6 N–H and O–H groups in total. The fourth-order valence-corrected chi connectivity index (χ4v) is 3.23. The van der Waals surface area contributed by atoms with Crippen molar-refractivity contribution in [1.82, 2.24) is 0 Å². The third-order valence-electron chi connectivity index (χ3n) is 4.52. The zero-order valence-electron chi connectivity index (χ0n) is 13.9. The molecule has 134 valence electrons. The molecule has 0 amide bonds. The minimum atomic E-state index is -1.22. The van der Waals surface area contributed by atoms with Gasteiger partial charge in [0.2, 0.25) is 0 Å². The van der Waals surface area contributed by atoms with Gasteiger partial charge in [0.1, 0.15) is 34.5 Å². The summed E-state index contributed by atoms with van der Waals surface area (Å²) in [6.45, 7) is 1.68. The van der Waals surface area contributed by atoms with Crippen molar-refractivity contribution in [3.05, 3.63) is 71.3 Å². The summed E-state index contributed by atoms with van der Waals surface area (Å²) in [6, 6.07) is 12.0. The second-order valence-electron chi connectivity index (χ2n) is 6.27. The van der Waals surface area contributed by atoms with Gasteiger partial charge >= 0.3 is 0 Å². The standard InChI is InChI=1S/C20H18O6/c1-20(11-6-14(23)8-15(24)7-11,16-4-2-12(21)9-18(16)25)17-5-3-13(22)10-19(17)26/h2-10,21-26H,1H3. The van der Waals surface area contributed by atoms with E-state index >= 15 is 0 Å². The summed E-state index contributed by atoms with van der Waals surface area (Å²) >= 11 is 0. The highest BCUT2D eigenvalue weighted by atomic mass is 16.3. The van der Waals surface area contributed by atoms with Gasteiger partial charge in [0.25, 0.3) is 0 Å². The SMILES string of the molecule is CC(c1cc(O)cc(O)c1)(c1ccc(O)cc1O)c1ccc(O)cc1O. The molecule has 0 bridgehead atoms. The molecule has 0 aliphatic rings. The van der Waals surface area contributed by atoms with E-state index in [1.807, 2.05) is 0 Å². The summed E-state index contributed by atoms with van der Waals surface area (Å²) in [5.41, 5.74) is -0.189. The van der Waals surface area contributed by atoms with Crippen molar-refractivity contribution >= 4 is 0 Å². The monoisotopic (exact) mass is 354 g/mol. The first-order valence-electron chi connectivity index (χ1n) is 7.80. The number of hydrogen-bond acceptors (Lipinski definition) is 6. The van der Waals surface area contributed by atoms with Crippen molar-refractivity contribution in [1.29, 1.82) is 0 Å². The highest BCUT2D eigenvalue weighted by molar-refractivity contribution is 5.61. The number of benzene rings is 3. The molecule has 0 heterocycles. The molecule has 0 radical (unpaired) electrons. The molecule has 0 atom stereocenters. The van der Waals surface area contributed by atoms with Crippen LogP contribution < -0.4 is 0 Å². The van der Waals surface area contributed by atoms with Crippen LogP contribution in [0.5, 0.6) is 34.5 Å². The van der Waals surface area contributed by atoms with E-state index in [1.54, 1.807) is 6.92 Å². The first-order valence-corrected chi connectivity index (χ1v) is 7.80. The molecule has 0 fully saturated rings. The van der Waals surface area contributed by atoms with Crippen LogP contribution in [0.3, 0.4) is 0 Å². The average molecular weight is 354 g/mol. The number of aromatic hydroxyl groups is 6. The Labute approximate surface area is 149 Å². The van der Waals surface area contributed by atoms with Crippen molar-refractivity contribution in [2.45, 2.75) is 12.3 Å². The van der Waals surface area contributed by atoms with Crippen molar-refractivity contribution < 1.29 is 30.6 Å². The molecule has 0 saturated heterocycles. The van der Waals surface area contributed by atoms with Crippen LogP contribution in [0, 0.1) is 0 Å². The maximum Gasteiger partial charge on any atom is 0.123 e. The molecule has 0 aliphatic heterocycles. The Morgan fingerprint density at radius 3 is 1.35 bits per heavy atom. The van der Waals surface area contributed by atoms with Crippen LogP contribution in [0.4, 0.5) is 0 Å². The largest absolute Gasteiger partial charge is 0.508 e. The molecular formula is C20H18O6. The summed E-state index contributed by atoms with van der Waals surface area (Å²) in [6.07, 6.45) is 0. The maximum absolute atomic E-state index is 10.4. The molecule has 3 aromatic carbocycles. The molecule has 6 nitrogen and oxygen atoms in total. The van der Waals surface area contributed by atoms with Gasteiger partial charge < -0.3 is 30.6 Å². The molecule has 0 aromatic heterocycles. The van der Waals surface area contributed by atoms with E-state index in [4.69, 9.17) is 0 Å². The number of rotatable bonds is 3. The molecule has 0 unspecified atom stereocenters. The summed E-state index contributed by atoms with van der Waals surface area (Å²) in [5, 5.41) is 59.9. The average Bonchev–Trinajstić information content (AvgIpc) is 2.53. The number of hydrogen-bond donors (Lipinski definition) is 6. The van der Waals surface area contributed by atoms with Gasteiger partial charge in [-0.3, -0.25) is 0 Å². The van der Waals surface area contributed by atoms with E-state index in [1.165, 1.54) is 36.4 Å². The normalized spacial score (nSPS) is 11.4. The van der Waals surface area contributed by atoms with Crippen LogP contribution in [0.15, 0.2) is 54.6 Å². The summed E-state index contributed by atoms with van der Waals surface area (Å²) in [5.74, 6) is -1.12. The van der Waals surface area contributed by atoms with Crippen LogP contribution >= 0.6 is 0 Å². The Kier molecular flexibility index (Phi) is 4.04. The second kappa shape index (κ2) is 6.07. The fraction of sp³-hybridized carbons (Fsp3) is 0.100. The van der Waals surface area contributed by atoms with Crippen LogP contribution in [-0.2, 0) is 5.41 Å². The third-order valence-corrected chi connectivity index (χ3v) is 4.52. The molecule has 3 rings (SSSR count). The third kappa shape index (κ3) is 2.82. The Hall–Kier alpha value is -3.54. The van der Waals surface area contributed by atoms with Crippen LogP contribution in [-0.4, -0.2) is 30.6 Å². The van der Waals surface area contributed by atoms with Crippen molar-refractivity contribution in [2.24, 2.45) is 0 Å². The van der Waals surface area contributed by atoms with Crippen LogP contribution in [0.25, 0.3) is 0 Å². The highest BCUT2D eigenvalue weighted by Crippen LogP contribution is 2.48. The van der Waals surface area contributed by atoms with Crippen molar-refractivity contribution in [3.8, 4) is 34.5 Å². The fourth-order valence-electron chi connectivity index (χ4n) is 3.23. The van der Waals surface area contributed by atoms with Gasteiger partial charge in [0.15, 0.2) is 0 Å². The molecule has 0 saturated carbocycles. The lowest BCUT2D eigenvalue weighted by Gasteiger charge is -2.33. The minimum Gasteiger partial charge on any atom is -0.508 e. The quantitative estimate of drug-likeness (QED) is 0.402. The number of phenolic OH excluding ortho intramolecular Hbond substituents is 6. The number of phenols is 6. The van der Waals surface area contributed by atoms with Crippen LogP contribution in [0.2, 0.25) is 0 Å². The predicted octanol–water partition coefficient (Wildman–Crippen LogP) is 3.27.